The van der Waals surface area contributed by atoms with Gasteiger partial charge < -0.3 is 4.74 Å². The van der Waals surface area contributed by atoms with Gasteiger partial charge in [-0.05, 0) is 6.42 Å². The molecule has 2 aliphatic rings. The zero-order valence-corrected chi connectivity index (χ0v) is 9.36. The Labute approximate surface area is 98.1 Å². The van der Waals surface area contributed by atoms with Crippen molar-refractivity contribution in [3.8, 4) is 0 Å². The van der Waals surface area contributed by atoms with Crippen molar-refractivity contribution in [3.63, 3.8) is 0 Å². The Morgan fingerprint density at radius 2 is 2.29 bits per heavy atom. The molecule has 0 spiro atoms. The lowest BCUT2D eigenvalue weighted by molar-refractivity contribution is -0.385. The lowest BCUT2D eigenvalue weighted by Gasteiger charge is -2.34. The molecule has 92 valence electrons. The zero-order chi connectivity index (χ0) is 11.8. The van der Waals surface area contributed by atoms with Crippen molar-refractivity contribution in [3.05, 3.63) is 22.5 Å². The predicted molar refractivity (Wildman–Crippen MR) is 58.7 cm³/mol. The van der Waals surface area contributed by atoms with Gasteiger partial charge >= 0.3 is 5.69 Å². The second-order valence-electron chi connectivity index (χ2n) is 4.56. The van der Waals surface area contributed by atoms with E-state index in [2.05, 4.69) is 10.00 Å². The first-order chi connectivity index (χ1) is 8.24. The molecule has 0 aromatic carbocycles. The summed E-state index contributed by atoms with van der Waals surface area (Å²) in [6.07, 6.45) is 3.83. The van der Waals surface area contributed by atoms with Gasteiger partial charge in [-0.3, -0.25) is 19.7 Å². The monoisotopic (exact) mass is 238 g/mol. The van der Waals surface area contributed by atoms with Crippen LogP contribution in [0.5, 0.6) is 0 Å². The molecule has 3 heterocycles. The molecule has 0 saturated carbocycles. The molecule has 2 fully saturated rings. The number of ether oxygens (including phenoxy) is 1. The van der Waals surface area contributed by atoms with Gasteiger partial charge in [-0.2, -0.15) is 5.10 Å². The van der Waals surface area contributed by atoms with E-state index in [4.69, 9.17) is 4.74 Å². The Kier molecular flexibility index (Phi) is 2.56. The number of hydrogen-bond acceptors (Lipinski definition) is 5. The molecule has 7 nitrogen and oxygen atoms in total. The molecule has 17 heavy (non-hydrogen) atoms. The van der Waals surface area contributed by atoms with Gasteiger partial charge in [-0.15, -0.1) is 0 Å². The highest BCUT2D eigenvalue weighted by molar-refractivity contribution is 5.21. The van der Waals surface area contributed by atoms with Crippen molar-refractivity contribution in [2.75, 3.05) is 26.3 Å². The van der Waals surface area contributed by atoms with Gasteiger partial charge in [0.1, 0.15) is 12.4 Å². The van der Waals surface area contributed by atoms with E-state index in [9.17, 15) is 10.1 Å². The summed E-state index contributed by atoms with van der Waals surface area (Å²) in [5, 5.41) is 14.7. The number of nitrogens with zero attached hydrogens (tertiary/aromatic N) is 4. The van der Waals surface area contributed by atoms with E-state index in [1.165, 1.54) is 12.4 Å². The first kappa shape index (κ1) is 10.7. The van der Waals surface area contributed by atoms with Crippen LogP contribution in [0.15, 0.2) is 12.4 Å². The molecule has 1 aromatic rings. The van der Waals surface area contributed by atoms with Crippen molar-refractivity contribution in [2.24, 2.45) is 0 Å². The summed E-state index contributed by atoms with van der Waals surface area (Å²) in [4.78, 5) is 12.6. The number of hydrogen-bond donors (Lipinski definition) is 0. The maximum Gasteiger partial charge on any atom is 0.307 e. The molecular weight excluding hydrogens is 224 g/mol. The van der Waals surface area contributed by atoms with Gasteiger partial charge in [-0.1, -0.05) is 0 Å². The average molecular weight is 238 g/mol. The average Bonchev–Trinajstić information content (AvgIpc) is 2.80. The fraction of sp³-hybridized carbons (Fsp3) is 0.700. The largest absolute Gasteiger partial charge is 0.378 e. The first-order valence-corrected chi connectivity index (χ1v) is 5.74. The van der Waals surface area contributed by atoms with E-state index in [1.54, 1.807) is 4.68 Å². The molecule has 0 aliphatic carbocycles. The summed E-state index contributed by atoms with van der Waals surface area (Å²) in [6.45, 7) is 3.55. The summed E-state index contributed by atoms with van der Waals surface area (Å²) >= 11 is 0. The molecule has 1 aromatic heterocycles. The van der Waals surface area contributed by atoms with Crippen LogP contribution < -0.4 is 0 Å². The van der Waals surface area contributed by atoms with E-state index in [1.807, 2.05) is 0 Å². The van der Waals surface area contributed by atoms with Crippen molar-refractivity contribution in [1.82, 2.24) is 14.7 Å². The Morgan fingerprint density at radius 3 is 2.88 bits per heavy atom. The fourth-order valence-electron chi connectivity index (χ4n) is 2.37. The van der Waals surface area contributed by atoms with Crippen molar-refractivity contribution in [1.29, 1.82) is 0 Å². The Morgan fingerprint density at radius 1 is 1.47 bits per heavy atom. The van der Waals surface area contributed by atoms with Crippen LogP contribution >= 0.6 is 0 Å². The third kappa shape index (κ3) is 1.91. The van der Waals surface area contributed by atoms with Crippen LogP contribution in [0.25, 0.3) is 0 Å². The van der Waals surface area contributed by atoms with Gasteiger partial charge in [0, 0.05) is 13.1 Å². The summed E-state index contributed by atoms with van der Waals surface area (Å²) in [5.41, 5.74) is 0.0652. The van der Waals surface area contributed by atoms with Gasteiger partial charge in [0.05, 0.1) is 30.2 Å². The van der Waals surface area contributed by atoms with Gasteiger partial charge in [-0.25, -0.2) is 0 Å². The summed E-state index contributed by atoms with van der Waals surface area (Å²) in [5.74, 6) is 0. The van der Waals surface area contributed by atoms with E-state index < -0.39 is 4.92 Å². The van der Waals surface area contributed by atoms with Crippen LogP contribution in [-0.2, 0) is 4.74 Å². The summed E-state index contributed by atoms with van der Waals surface area (Å²) in [6, 6.07) is 0.787. The maximum atomic E-state index is 10.6. The van der Waals surface area contributed by atoms with Crippen LogP contribution in [0.1, 0.15) is 12.5 Å². The molecule has 1 unspecified atom stereocenters. The van der Waals surface area contributed by atoms with Crippen LogP contribution in [0, 0.1) is 10.1 Å². The summed E-state index contributed by atoms with van der Waals surface area (Å²) < 4.78 is 6.89. The standard InChI is InChI=1S/C10H14N4O3/c15-14(16)9-3-11-13(5-9)8-1-2-12(4-8)10-6-17-7-10/h3,5,8,10H,1-2,4,6-7H2. The quantitative estimate of drug-likeness (QED) is 0.564. The Hall–Kier alpha value is -1.47. The number of likely N-dealkylation sites (tertiary alicyclic amines) is 1. The van der Waals surface area contributed by atoms with Gasteiger partial charge in [0.15, 0.2) is 0 Å². The minimum Gasteiger partial charge on any atom is -0.378 e. The van der Waals surface area contributed by atoms with Crippen LogP contribution in [0.3, 0.4) is 0 Å². The molecular formula is C10H14N4O3. The minimum atomic E-state index is -0.407. The minimum absolute atomic E-state index is 0.0652. The van der Waals surface area contributed by atoms with Crippen molar-refractivity contribution in [2.45, 2.75) is 18.5 Å². The molecule has 7 heteroatoms. The highest BCUT2D eigenvalue weighted by atomic mass is 16.6. The molecule has 1 atom stereocenters. The molecule has 0 amide bonds. The van der Waals surface area contributed by atoms with Gasteiger partial charge in [0.2, 0.25) is 0 Å². The second-order valence-corrected chi connectivity index (χ2v) is 4.56. The molecule has 2 aliphatic heterocycles. The first-order valence-electron chi connectivity index (χ1n) is 5.74. The van der Waals surface area contributed by atoms with Crippen molar-refractivity contribution < 1.29 is 9.66 Å². The SMILES string of the molecule is O=[N+]([O-])c1cnn(C2CCN(C3COC3)C2)c1. The Bertz CT molecular complexity index is 429. The van der Waals surface area contributed by atoms with Gasteiger partial charge in [0.25, 0.3) is 0 Å². The zero-order valence-electron chi connectivity index (χ0n) is 9.36. The third-order valence-corrected chi connectivity index (χ3v) is 3.50. The molecule has 0 bridgehead atoms. The predicted octanol–water partition coefficient (Wildman–Crippen LogP) is 0.437. The Balaban J connectivity index is 1.66. The van der Waals surface area contributed by atoms with Crippen LogP contribution in [-0.4, -0.2) is 51.9 Å². The molecule has 3 rings (SSSR count). The second kappa shape index (κ2) is 4.08. The molecule has 0 N–H and O–H groups in total. The van der Waals surface area contributed by atoms with E-state index in [-0.39, 0.29) is 11.7 Å². The smallest absolute Gasteiger partial charge is 0.307 e. The summed E-state index contributed by atoms with van der Waals surface area (Å²) in [7, 11) is 0. The molecule has 0 radical (unpaired) electrons. The lowest BCUT2D eigenvalue weighted by atomic mass is 10.2. The lowest BCUT2D eigenvalue weighted by Crippen LogP contribution is -2.47. The van der Waals surface area contributed by atoms with E-state index >= 15 is 0 Å². The highest BCUT2D eigenvalue weighted by Gasteiger charge is 2.33. The third-order valence-electron chi connectivity index (χ3n) is 3.50. The van der Waals surface area contributed by atoms with Crippen molar-refractivity contribution >= 4 is 5.69 Å². The molecule has 2 saturated heterocycles. The number of rotatable bonds is 3. The number of aromatic nitrogens is 2. The van der Waals surface area contributed by atoms with Crippen LogP contribution in [0.2, 0.25) is 0 Å². The number of nitro groups is 1. The normalized spacial score (nSPS) is 26.0. The fourth-order valence-corrected chi connectivity index (χ4v) is 2.37. The van der Waals surface area contributed by atoms with E-state index in [0.717, 1.165) is 32.7 Å². The topological polar surface area (TPSA) is 73.4 Å². The van der Waals surface area contributed by atoms with Crippen LogP contribution in [0.4, 0.5) is 5.69 Å². The van der Waals surface area contributed by atoms with E-state index in [0.29, 0.717) is 6.04 Å². The maximum absolute atomic E-state index is 10.6. The highest BCUT2D eigenvalue weighted by Crippen LogP contribution is 2.26.